The molecule has 122 valence electrons. The van der Waals surface area contributed by atoms with Gasteiger partial charge in [0, 0.05) is 25.8 Å². The Balaban J connectivity index is 1.77. The van der Waals surface area contributed by atoms with Crippen LogP contribution >= 0.6 is 0 Å². The zero-order valence-electron chi connectivity index (χ0n) is 12.5. The number of aliphatic hydroxyl groups excluding tert-OH is 1. The number of methoxy groups -OCH3 is 1. The average molecular weight is 310 g/mol. The van der Waals surface area contributed by atoms with E-state index in [4.69, 9.17) is 9.47 Å². The second kappa shape index (κ2) is 8.09. The Labute approximate surface area is 129 Å². The molecule has 0 aromatic heterocycles. The van der Waals surface area contributed by atoms with Crippen molar-refractivity contribution < 1.29 is 24.5 Å². The van der Waals surface area contributed by atoms with Gasteiger partial charge in [-0.25, -0.2) is 0 Å². The van der Waals surface area contributed by atoms with Gasteiger partial charge in [-0.15, -0.1) is 0 Å². The summed E-state index contributed by atoms with van der Waals surface area (Å²) in [6, 6.07) is 6.78. The van der Waals surface area contributed by atoms with Crippen LogP contribution in [0.2, 0.25) is 0 Å². The molecule has 1 aliphatic heterocycles. The van der Waals surface area contributed by atoms with Crippen molar-refractivity contribution in [2.24, 2.45) is 0 Å². The van der Waals surface area contributed by atoms with E-state index in [0.29, 0.717) is 13.2 Å². The molecule has 2 rings (SSSR count). The summed E-state index contributed by atoms with van der Waals surface area (Å²) in [4.78, 5) is 11.3. The maximum Gasteiger partial charge on any atom is 0.246 e. The van der Waals surface area contributed by atoms with Crippen LogP contribution in [0.3, 0.4) is 0 Å². The molecule has 0 radical (unpaired) electrons. The summed E-state index contributed by atoms with van der Waals surface area (Å²) in [5.74, 6) is -0.0318. The zero-order chi connectivity index (χ0) is 15.9. The van der Waals surface area contributed by atoms with Crippen LogP contribution in [0.1, 0.15) is 5.56 Å². The highest BCUT2D eigenvalue weighted by atomic mass is 16.5. The average Bonchev–Trinajstić information content (AvgIpc) is 2.85. The maximum absolute atomic E-state index is 11.3. The molecule has 0 spiro atoms. The first-order valence-electron chi connectivity index (χ1n) is 7.17. The fourth-order valence-corrected chi connectivity index (χ4v) is 2.34. The van der Waals surface area contributed by atoms with Crippen LogP contribution in [-0.4, -0.2) is 61.2 Å². The highest BCUT2D eigenvalue weighted by molar-refractivity contribution is 5.77. The number of carbonyl (C=O) groups is 1. The Morgan fingerprint density at radius 1 is 1.45 bits per heavy atom. The van der Waals surface area contributed by atoms with Gasteiger partial charge in [-0.3, -0.25) is 4.79 Å². The molecule has 1 amide bonds. The molecule has 0 bridgehead atoms. The van der Waals surface area contributed by atoms with Crippen LogP contribution in [0.15, 0.2) is 24.3 Å². The Morgan fingerprint density at radius 2 is 2.23 bits per heavy atom. The second-order valence-electron chi connectivity index (χ2n) is 5.22. The van der Waals surface area contributed by atoms with Gasteiger partial charge in [0.2, 0.25) is 5.91 Å². The van der Waals surface area contributed by atoms with Gasteiger partial charge >= 0.3 is 0 Å². The Bertz CT molecular complexity index is 497. The summed E-state index contributed by atoms with van der Waals surface area (Å²) in [6.45, 7) is 0.996. The van der Waals surface area contributed by atoms with Gasteiger partial charge in [-0.05, 0) is 6.07 Å². The molecule has 7 nitrogen and oxygen atoms in total. The first-order chi connectivity index (χ1) is 10.6. The molecule has 3 unspecified atom stereocenters. The number of aliphatic hydroxyl groups is 1. The molecule has 1 heterocycles. The third-order valence-corrected chi connectivity index (χ3v) is 3.61. The van der Waals surface area contributed by atoms with E-state index < -0.39 is 12.2 Å². The number of aromatic hydroxyl groups is 1. The third-order valence-electron chi connectivity index (χ3n) is 3.61. The van der Waals surface area contributed by atoms with E-state index in [2.05, 4.69) is 10.6 Å². The van der Waals surface area contributed by atoms with Gasteiger partial charge in [-0.2, -0.15) is 0 Å². The van der Waals surface area contributed by atoms with E-state index in [1.54, 1.807) is 12.1 Å². The van der Waals surface area contributed by atoms with E-state index in [-0.39, 0.29) is 30.9 Å². The molecule has 1 aliphatic rings. The first kappa shape index (κ1) is 16.7. The van der Waals surface area contributed by atoms with Crippen molar-refractivity contribution in [1.82, 2.24) is 10.6 Å². The minimum absolute atomic E-state index is 0.0161. The summed E-state index contributed by atoms with van der Waals surface area (Å²) >= 11 is 0. The fourth-order valence-electron chi connectivity index (χ4n) is 2.34. The number of ether oxygens (including phenoxy) is 2. The quantitative estimate of drug-likeness (QED) is 0.535. The Kier molecular flexibility index (Phi) is 6.14. The number of benzene rings is 1. The molecule has 0 aliphatic carbocycles. The summed E-state index contributed by atoms with van der Waals surface area (Å²) < 4.78 is 10.2. The Hall–Kier alpha value is -1.67. The van der Waals surface area contributed by atoms with Crippen molar-refractivity contribution in [3.63, 3.8) is 0 Å². The number of phenolic OH excluding ortho intramolecular Hbond substituents is 1. The van der Waals surface area contributed by atoms with Crippen LogP contribution in [0, 0.1) is 0 Å². The van der Waals surface area contributed by atoms with Crippen molar-refractivity contribution in [2.75, 3.05) is 26.9 Å². The first-order valence-corrected chi connectivity index (χ1v) is 7.17. The summed E-state index contributed by atoms with van der Waals surface area (Å²) in [5.41, 5.74) is 0.756. The van der Waals surface area contributed by atoms with Crippen molar-refractivity contribution in [3.05, 3.63) is 29.8 Å². The molecular weight excluding hydrogens is 288 g/mol. The summed E-state index contributed by atoms with van der Waals surface area (Å²) in [5, 5.41) is 25.7. The van der Waals surface area contributed by atoms with Crippen LogP contribution in [-0.2, 0) is 20.8 Å². The number of hydrogen-bond acceptors (Lipinski definition) is 6. The third kappa shape index (κ3) is 4.41. The van der Waals surface area contributed by atoms with Gasteiger partial charge in [0.1, 0.15) is 18.5 Å². The van der Waals surface area contributed by atoms with E-state index in [0.717, 1.165) is 5.56 Å². The zero-order valence-corrected chi connectivity index (χ0v) is 12.5. The molecule has 3 atom stereocenters. The number of hydrogen-bond donors (Lipinski definition) is 4. The summed E-state index contributed by atoms with van der Waals surface area (Å²) in [7, 11) is 1.44. The molecule has 1 saturated heterocycles. The van der Waals surface area contributed by atoms with E-state index in [1.165, 1.54) is 7.11 Å². The maximum atomic E-state index is 11.3. The molecule has 0 saturated carbocycles. The topological polar surface area (TPSA) is 100 Å². The van der Waals surface area contributed by atoms with Gasteiger partial charge in [0.25, 0.3) is 0 Å². The van der Waals surface area contributed by atoms with Crippen molar-refractivity contribution in [3.8, 4) is 5.75 Å². The van der Waals surface area contributed by atoms with Crippen molar-refractivity contribution >= 4 is 5.91 Å². The van der Waals surface area contributed by atoms with Crippen molar-refractivity contribution in [1.29, 1.82) is 0 Å². The molecule has 1 fully saturated rings. The lowest BCUT2D eigenvalue weighted by molar-refractivity contribution is -0.125. The summed E-state index contributed by atoms with van der Waals surface area (Å²) in [6.07, 6.45) is -1.18. The predicted octanol–water partition coefficient (Wildman–Crippen LogP) is -0.627. The van der Waals surface area contributed by atoms with Crippen molar-refractivity contribution in [2.45, 2.75) is 24.8 Å². The molecule has 1 aromatic carbocycles. The van der Waals surface area contributed by atoms with Crippen LogP contribution in [0.5, 0.6) is 5.75 Å². The highest BCUT2D eigenvalue weighted by Crippen LogP contribution is 2.18. The molecule has 22 heavy (non-hydrogen) atoms. The molecule has 7 heteroatoms. The number of phenols is 1. The predicted molar refractivity (Wildman–Crippen MR) is 79.4 cm³/mol. The van der Waals surface area contributed by atoms with E-state index in [1.807, 2.05) is 12.1 Å². The number of para-hydroxylation sites is 1. The number of rotatable bonds is 7. The van der Waals surface area contributed by atoms with Gasteiger partial charge in [0.05, 0.1) is 18.8 Å². The Morgan fingerprint density at radius 3 is 2.95 bits per heavy atom. The molecular formula is C15H22N2O5. The lowest BCUT2D eigenvalue weighted by Gasteiger charge is -2.19. The number of nitrogens with one attached hydrogen (secondary N) is 2. The fraction of sp³-hybridized carbons (Fsp3) is 0.533. The normalized spacial score (nSPS) is 24.4. The van der Waals surface area contributed by atoms with Gasteiger partial charge in [-0.1, -0.05) is 18.2 Å². The molecule has 4 N–H and O–H groups in total. The lowest BCUT2D eigenvalue weighted by Crippen LogP contribution is -2.45. The monoisotopic (exact) mass is 310 g/mol. The van der Waals surface area contributed by atoms with E-state index >= 15 is 0 Å². The molecule has 1 aromatic rings. The van der Waals surface area contributed by atoms with Gasteiger partial charge < -0.3 is 30.3 Å². The minimum atomic E-state index is -0.728. The standard InChI is InChI=1S/C15H22N2O5/c1-21-9-14(19)17-7-13-15(20)11(8-22-13)16-6-10-4-2-3-5-12(10)18/h2-5,11,13,15-16,18,20H,6-9H2,1H3,(H,17,19). The number of carbonyl (C=O) groups excluding carboxylic acids is 1. The second-order valence-corrected chi connectivity index (χ2v) is 5.22. The van der Waals surface area contributed by atoms with Gasteiger partial charge in [0.15, 0.2) is 0 Å². The van der Waals surface area contributed by atoms with E-state index in [9.17, 15) is 15.0 Å². The SMILES string of the molecule is COCC(=O)NCC1OCC(NCc2ccccc2O)C1O. The lowest BCUT2D eigenvalue weighted by atomic mass is 10.1. The number of amides is 1. The largest absolute Gasteiger partial charge is 0.508 e. The van der Waals surface area contributed by atoms with Crippen LogP contribution < -0.4 is 10.6 Å². The highest BCUT2D eigenvalue weighted by Gasteiger charge is 2.35. The van der Waals surface area contributed by atoms with Crippen LogP contribution in [0.4, 0.5) is 0 Å². The smallest absolute Gasteiger partial charge is 0.246 e. The van der Waals surface area contributed by atoms with Crippen LogP contribution in [0.25, 0.3) is 0 Å². The minimum Gasteiger partial charge on any atom is -0.508 e.